The predicted molar refractivity (Wildman–Crippen MR) is 120 cm³/mol. The van der Waals surface area contributed by atoms with Gasteiger partial charge in [0.15, 0.2) is 5.11 Å². The van der Waals surface area contributed by atoms with E-state index in [1.54, 1.807) is 17.0 Å². The van der Waals surface area contributed by atoms with Gasteiger partial charge in [-0.3, -0.25) is 19.8 Å². The molecule has 0 bridgehead atoms. The van der Waals surface area contributed by atoms with Gasteiger partial charge < -0.3 is 9.88 Å². The standard InChI is InChI=1S/C22H20N4O3S/c1-2-11-25-21(27)19(23-22(25)30)12-16-14-24(20-6-4-3-5-18(16)20)13-15-7-9-17(10-8-15)26(28)29/h3-10,12,14H,2,11,13H2,1H3,(H,23,30)/b19-12-. The number of benzene rings is 2. The van der Waals surface area contributed by atoms with E-state index in [0.29, 0.717) is 23.9 Å². The van der Waals surface area contributed by atoms with E-state index in [4.69, 9.17) is 12.2 Å². The molecular formula is C22H20N4O3S. The number of nitro benzene ring substituents is 1. The quantitative estimate of drug-likeness (QED) is 0.281. The van der Waals surface area contributed by atoms with Crippen LogP contribution in [0.2, 0.25) is 0 Å². The van der Waals surface area contributed by atoms with E-state index >= 15 is 0 Å². The van der Waals surface area contributed by atoms with Crippen molar-refractivity contribution in [1.29, 1.82) is 0 Å². The largest absolute Gasteiger partial charge is 0.342 e. The maximum absolute atomic E-state index is 12.7. The minimum absolute atomic E-state index is 0.0694. The normalized spacial score (nSPS) is 15.2. The van der Waals surface area contributed by atoms with Gasteiger partial charge in [0.1, 0.15) is 5.70 Å². The van der Waals surface area contributed by atoms with Crippen molar-refractivity contribution in [3.05, 3.63) is 81.7 Å². The topological polar surface area (TPSA) is 80.4 Å². The summed E-state index contributed by atoms with van der Waals surface area (Å²) in [6, 6.07) is 14.5. The third kappa shape index (κ3) is 3.69. The lowest BCUT2D eigenvalue weighted by Crippen LogP contribution is -2.31. The third-order valence-electron chi connectivity index (χ3n) is 5.03. The lowest BCUT2D eigenvalue weighted by molar-refractivity contribution is -0.384. The lowest BCUT2D eigenvalue weighted by atomic mass is 10.1. The molecule has 0 aliphatic carbocycles. The Morgan fingerprint density at radius 2 is 1.90 bits per heavy atom. The highest BCUT2D eigenvalue weighted by atomic mass is 32.1. The molecule has 1 saturated heterocycles. The zero-order valence-electron chi connectivity index (χ0n) is 16.4. The number of nitrogens with one attached hydrogen (secondary N) is 1. The second-order valence-electron chi connectivity index (χ2n) is 7.10. The molecule has 2 heterocycles. The van der Waals surface area contributed by atoms with Crippen LogP contribution in [0.5, 0.6) is 0 Å². The smallest absolute Gasteiger partial charge is 0.276 e. The Labute approximate surface area is 178 Å². The Morgan fingerprint density at radius 1 is 1.17 bits per heavy atom. The molecule has 1 aromatic heterocycles. The van der Waals surface area contributed by atoms with E-state index in [-0.39, 0.29) is 11.6 Å². The molecule has 2 aromatic carbocycles. The molecule has 152 valence electrons. The summed E-state index contributed by atoms with van der Waals surface area (Å²) >= 11 is 5.29. The highest BCUT2D eigenvalue weighted by Crippen LogP contribution is 2.26. The fourth-order valence-corrected chi connectivity index (χ4v) is 3.88. The summed E-state index contributed by atoms with van der Waals surface area (Å²) in [5, 5.41) is 15.3. The number of amides is 1. The molecule has 0 saturated carbocycles. The van der Waals surface area contributed by atoms with E-state index in [1.165, 1.54) is 12.1 Å². The van der Waals surface area contributed by atoms with Crippen molar-refractivity contribution in [2.75, 3.05) is 6.54 Å². The van der Waals surface area contributed by atoms with Gasteiger partial charge in [-0.05, 0) is 36.3 Å². The minimum atomic E-state index is -0.406. The molecule has 30 heavy (non-hydrogen) atoms. The molecule has 0 spiro atoms. The van der Waals surface area contributed by atoms with Gasteiger partial charge in [0.25, 0.3) is 11.6 Å². The summed E-state index contributed by atoms with van der Waals surface area (Å²) in [4.78, 5) is 24.7. The first-order valence-corrected chi connectivity index (χ1v) is 10.0. The lowest BCUT2D eigenvalue weighted by Gasteiger charge is -2.11. The monoisotopic (exact) mass is 420 g/mol. The SMILES string of the molecule is CCCN1C(=O)/C(=C/c2cn(Cc3ccc([N+](=O)[O-])cc3)c3ccccc23)NC1=S. The van der Waals surface area contributed by atoms with Gasteiger partial charge in [-0.25, -0.2) is 0 Å². The van der Waals surface area contributed by atoms with Crippen molar-refractivity contribution >= 4 is 45.9 Å². The molecular weight excluding hydrogens is 400 g/mol. The molecule has 8 heteroatoms. The van der Waals surface area contributed by atoms with Crippen LogP contribution in [-0.2, 0) is 11.3 Å². The van der Waals surface area contributed by atoms with Gasteiger partial charge >= 0.3 is 0 Å². The van der Waals surface area contributed by atoms with Gasteiger partial charge in [0.2, 0.25) is 0 Å². The van der Waals surface area contributed by atoms with Crippen LogP contribution in [0.15, 0.2) is 60.4 Å². The first kappa shape index (κ1) is 19.8. The number of thiocarbonyl (C=S) groups is 1. The van der Waals surface area contributed by atoms with Crippen molar-refractivity contribution in [3.63, 3.8) is 0 Å². The van der Waals surface area contributed by atoms with Gasteiger partial charge in [0.05, 0.1) is 4.92 Å². The third-order valence-corrected chi connectivity index (χ3v) is 5.35. The number of non-ortho nitro benzene ring substituents is 1. The highest BCUT2D eigenvalue weighted by molar-refractivity contribution is 7.80. The highest BCUT2D eigenvalue weighted by Gasteiger charge is 2.30. The van der Waals surface area contributed by atoms with Crippen molar-refractivity contribution in [3.8, 4) is 0 Å². The number of fused-ring (bicyclic) bond motifs is 1. The van der Waals surface area contributed by atoms with E-state index in [0.717, 1.165) is 28.5 Å². The second kappa shape index (κ2) is 8.08. The number of carbonyl (C=O) groups is 1. The molecule has 0 radical (unpaired) electrons. The van der Waals surface area contributed by atoms with Crippen LogP contribution < -0.4 is 5.32 Å². The number of hydrogen-bond donors (Lipinski definition) is 1. The van der Waals surface area contributed by atoms with Crippen LogP contribution in [0.4, 0.5) is 5.69 Å². The number of nitrogens with zero attached hydrogens (tertiary/aromatic N) is 3. The van der Waals surface area contributed by atoms with Gasteiger partial charge in [-0.1, -0.05) is 37.3 Å². The number of carbonyl (C=O) groups excluding carboxylic acids is 1. The Bertz CT molecular complexity index is 1180. The van der Waals surface area contributed by atoms with Crippen molar-refractivity contribution < 1.29 is 9.72 Å². The van der Waals surface area contributed by atoms with Crippen molar-refractivity contribution in [1.82, 2.24) is 14.8 Å². The predicted octanol–water partition coefficient (Wildman–Crippen LogP) is 4.07. The molecule has 1 N–H and O–H groups in total. The van der Waals surface area contributed by atoms with E-state index < -0.39 is 4.92 Å². The zero-order chi connectivity index (χ0) is 21.3. The molecule has 3 aromatic rings. The Kier molecular flexibility index (Phi) is 5.33. The van der Waals surface area contributed by atoms with Crippen LogP contribution in [0.25, 0.3) is 17.0 Å². The molecule has 0 atom stereocenters. The molecule has 1 aliphatic rings. The average Bonchev–Trinajstić information content (AvgIpc) is 3.21. The van der Waals surface area contributed by atoms with Gasteiger partial charge in [-0.2, -0.15) is 0 Å². The molecule has 7 nitrogen and oxygen atoms in total. The Morgan fingerprint density at radius 3 is 2.60 bits per heavy atom. The number of rotatable bonds is 6. The fraction of sp³-hybridized carbons (Fsp3) is 0.182. The first-order valence-electron chi connectivity index (χ1n) is 9.63. The zero-order valence-corrected chi connectivity index (χ0v) is 17.2. The molecule has 1 amide bonds. The van der Waals surface area contributed by atoms with Crippen LogP contribution in [0.1, 0.15) is 24.5 Å². The van der Waals surface area contributed by atoms with Gasteiger partial charge in [0, 0.05) is 47.9 Å². The van der Waals surface area contributed by atoms with Crippen LogP contribution in [-0.4, -0.2) is 32.0 Å². The van der Waals surface area contributed by atoms with Crippen molar-refractivity contribution in [2.45, 2.75) is 19.9 Å². The molecule has 1 fully saturated rings. The Hall–Kier alpha value is -3.52. The number of aromatic nitrogens is 1. The first-order chi connectivity index (χ1) is 14.5. The summed E-state index contributed by atoms with van der Waals surface area (Å²) in [7, 11) is 0. The van der Waals surface area contributed by atoms with E-state index in [9.17, 15) is 14.9 Å². The van der Waals surface area contributed by atoms with E-state index in [2.05, 4.69) is 9.88 Å². The van der Waals surface area contributed by atoms with Crippen molar-refractivity contribution in [2.24, 2.45) is 0 Å². The fourth-order valence-electron chi connectivity index (χ4n) is 3.59. The number of nitro groups is 1. The van der Waals surface area contributed by atoms with Crippen LogP contribution in [0, 0.1) is 10.1 Å². The maximum Gasteiger partial charge on any atom is 0.276 e. The van der Waals surface area contributed by atoms with Crippen LogP contribution >= 0.6 is 12.2 Å². The van der Waals surface area contributed by atoms with Gasteiger partial charge in [-0.15, -0.1) is 0 Å². The summed E-state index contributed by atoms with van der Waals surface area (Å²) in [6.07, 6.45) is 4.65. The van der Waals surface area contributed by atoms with E-state index in [1.807, 2.05) is 43.5 Å². The molecule has 0 unspecified atom stereocenters. The summed E-state index contributed by atoms with van der Waals surface area (Å²) < 4.78 is 2.07. The Balaban J connectivity index is 1.68. The summed E-state index contributed by atoms with van der Waals surface area (Å²) in [5.41, 5.74) is 3.41. The summed E-state index contributed by atoms with van der Waals surface area (Å²) in [5.74, 6) is -0.117. The average molecular weight is 420 g/mol. The number of hydrogen-bond acceptors (Lipinski definition) is 4. The second-order valence-corrected chi connectivity index (χ2v) is 7.48. The summed E-state index contributed by atoms with van der Waals surface area (Å²) in [6.45, 7) is 3.15. The molecule has 1 aliphatic heterocycles. The number of para-hydroxylation sites is 1. The van der Waals surface area contributed by atoms with Crippen LogP contribution in [0.3, 0.4) is 0 Å². The molecule has 4 rings (SSSR count). The maximum atomic E-state index is 12.7. The minimum Gasteiger partial charge on any atom is -0.342 e.